The summed E-state index contributed by atoms with van der Waals surface area (Å²) in [5, 5.41) is 6.49. The number of rotatable bonds is 4. The molecule has 6 nitrogen and oxygen atoms in total. The molecule has 0 bridgehead atoms. The topological polar surface area (TPSA) is 54.3 Å². The first kappa shape index (κ1) is 16.1. The maximum atomic E-state index is 12.6. The lowest BCUT2D eigenvalue weighted by Gasteiger charge is -2.20. The highest BCUT2D eigenvalue weighted by Gasteiger charge is 2.22. The van der Waals surface area contributed by atoms with Gasteiger partial charge in [-0.05, 0) is 26.3 Å². The Morgan fingerprint density at radius 2 is 2.17 bits per heavy atom. The van der Waals surface area contributed by atoms with Crippen LogP contribution in [0.5, 0.6) is 0 Å². The SMILES string of the molecule is CC(C)n1ccc(C(=O)N2CCCN(Cc3cscn3)CC2)n1. The average molecular weight is 333 g/mol. The summed E-state index contributed by atoms with van der Waals surface area (Å²) >= 11 is 1.63. The lowest BCUT2D eigenvalue weighted by molar-refractivity contribution is 0.0754. The number of nitrogens with zero attached hydrogens (tertiary/aromatic N) is 5. The average Bonchev–Trinajstić information content (AvgIpc) is 3.16. The molecule has 0 saturated carbocycles. The van der Waals surface area contributed by atoms with Crippen LogP contribution >= 0.6 is 11.3 Å². The Morgan fingerprint density at radius 3 is 2.87 bits per heavy atom. The van der Waals surface area contributed by atoms with E-state index in [1.54, 1.807) is 11.3 Å². The molecule has 0 aromatic carbocycles. The van der Waals surface area contributed by atoms with Gasteiger partial charge in [0, 0.05) is 50.3 Å². The summed E-state index contributed by atoms with van der Waals surface area (Å²) in [5.74, 6) is 0.0416. The molecule has 1 saturated heterocycles. The van der Waals surface area contributed by atoms with E-state index < -0.39 is 0 Å². The van der Waals surface area contributed by atoms with Crippen molar-refractivity contribution >= 4 is 17.2 Å². The van der Waals surface area contributed by atoms with Gasteiger partial charge >= 0.3 is 0 Å². The lowest BCUT2D eigenvalue weighted by Crippen LogP contribution is -2.35. The maximum Gasteiger partial charge on any atom is 0.274 e. The predicted molar refractivity (Wildman–Crippen MR) is 90.5 cm³/mol. The van der Waals surface area contributed by atoms with Crippen LogP contribution in [0.25, 0.3) is 0 Å². The number of amides is 1. The summed E-state index contributed by atoms with van der Waals surface area (Å²) in [7, 11) is 0. The van der Waals surface area contributed by atoms with Crippen LogP contribution in [0.1, 0.15) is 42.5 Å². The van der Waals surface area contributed by atoms with Gasteiger partial charge in [0.05, 0.1) is 11.2 Å². The van der Waals surface area contributed by atoms with E-state index in [1.807, 2.05) is 27.4 Å². The van der Waals surface area contributed by atoms with Crippen molar-refractivity contribution in [1.29, 1.82) is 0 Å². The molecule has 3 heterocycles. The van der Waals surface area contributed by atoms with Crippen LogP contribution < -0.4 is 0 Å². The Bertz CT molecular complexity index is 637. The zero-order valence-corrected chi connectivity index (χ0v) is 14.5. The Hall–Kier alpha value is -1.73. The fraction of sp³-hybridized carbons (Fsp3) is 0.562. The molecule has 124 valence electrons. The molecule has 1 amide bonds. The first-order valence-corrected chi connectivity index (χ1v) is 9.01. The molecule has 23 heavy (non-hydrogen) atoms. The van der Waals surface area contributed by atoms with Crippen LogP contribution in [0, 0.1) is 0 Å². The van der Waals surface area contributed by atoms with E-state index >= 15 is 0 Å². The van der Waals surface area contributed by atoms with E-state index in [0.29, 0.717) is 5.69 Å². The van der Waals surface area contributed by atoms with Gasteiger partial charge in [0.25, 0.3) is 5.91 Å². The van der Waals surface area contributed by atoms with E-state index in [-0.39, 0.29) is 11.9 Å². The first-order chi connectivity index (χ1) is 11.1. The van der Waals surface area contributed by atoms with Gasteiger partial charge in [0.2, 0.25) is 0 Å². The Labute approximate surface area is 140 Å². The maximum absolute atomic E-state index is 12.6. The van der Waals surface area contributed by atoms with Gasteiger partial charge < -0.3 is 4.90 Å². The second-order valence-corrected chi connectivity index (χ2v) is 6.90. The fourth-order valence-electron chi connectivity index (χ4n) is 2.78. The van der Waals surface area contributed by atoms with Crippen LogP contribution in [0.4, 0.5) is 0 Å². The number of hydrogen-bond donors (Lipinski definition) is 0. The number of hydrogen-bond acceptors (Lipinski definition) is 5. The minimum absolute atomic E-state index is 0.0416. The van der Waals surface area contributed by atoms with Crippen LogP contribution in [0.15, 0.2) is 23.2 Å². The third kappa shape index (κ3) is 3.97. The monoisotopic (exact) mass is 333 g/mol. The van der Waals surface area contributed by atoms with Crippen molar-refractivity contribution in [2.45, 2.75) is 32.9 Å². The molecule has 0 unspecified atom stereocenters. The minimum Gasteiger partial charge on any atom is -0.336 e. The Morgan fingerprint density at radius 1 is 1.30 bits per heavy atom. The van der Waals surface area contributed by atoms with Gasteiger partial charge in [-0.3, -0.25) is 14.4 Å². The highest BCUT2D eigenvalue weighted by Crippen LogP contribution is 2.12. The van der Waals surface area contributed by atoms with Gasteiger partial charge in [-0.1, -0.05) is 0 Å². The van der Waals surface area contributed by atoms with Crippen molar-refractivity contribution in [2.24, 2.45) is 0 Å². The third-order valence-electron chi connectivity index (χ3n) is 4.10. The number of carbonyl (C=O) groups is 1. The molecule has 3 rings (SSSR count). The molecule has 0 N–H and O–H groups in total. The summed E-state index contributed by atoms with van der Waals surface area (Å²) in [6.45, 7) is 8.41. The second-order valence-electron chi connectivity index (χ2n) is 6.18. The van der Waals surface area contributed by atoms with Gasteiger partial charge in [-0.25, -0.2) is 4.98 Å². The highest BCUT2D eigenvalue weighted by molar-refractivity contribution is 7.07. The first-order valence-electron chi connectivity index (χ1n) is 8.07. The molecule has 0 spiro atoms. The fourth-order valence-corrected chi connectivity index (χ4v) is 3.33. The minimum atomic E-state index is 0.0416. The lowest BCUT2D eigenvalue weighted by atomic mass is 10.3. The van der Waals surface area contributed by atoms with Gasteiger partial charge in [-0.15, -0.1) is 11.3 Å². The number of carbonyl (C=O) groups excluding carboxylic acids is 1. The van der Waals surface area contributed by atoms with Gasteiger partial charge in [-0.2, -0.15) is 5.10 Å². The molecule has 1 fully saturated rings. The second kappa shape index (κ2) is 7.23. The molecule has 7 heteroatoms. The van der Waals surface area contributed by atoms with Crippen LogP contribution in [-0.4, -0.2) is 56.7 Å². The van der Waals surface area contributed by atoms with E-state index in [4.69, 9.17) is 0 Å². The highest BCUT2D eigenvalue weighted by atomic mass is 32.1. The molecular weight excluding hydrogens is 310 g/mol. The smallest absolute Gasteiger partial charge is 0.274 e. The van der Waals surface area contributed by atoms with Crippen molar-refractivity contribution in [3.63, 3.8) is 0 Å². The summed E-state index contributed by atoms with van der Waals surface area (Å²) in [6.07, 6.45) is 2.87. The van der Waals surface area contributed by atoms with E-state index in [1.165, 1.54) is 0 Å². The molecule has 0 aliphatic carbocycles. The largest absolute Gasteiger partial charge is 0.336 e. The summed E-state index contributed by atoms with van der Waals surface area (Å²) in [6, 6.07) is 2.09. The Kier molecular flexibility index (Phi) is 5.07. The molecule has 0 atom stereocenters. The molecular formula is C16H23N5OS. The standard InChI is InChI=1S/C16H23N5OS/c1-13(2)21-7-4-15(18-21)16(22)20-6-3-5-19(8-9-20)10-14-11-23-12-17-14/h4,7,11-13H,3,5-6,8-10H2,1-2H3. The van der Waals surface area contributed by atoms with Crippen molar-refractivity contribution in [3.8, 4) is 0 Å². The summed E-state index contributed by atoms with van der Waals surface area (Å²) in [5.41, 5.74) is 3.53. The van der Waals surface area contributed by atoms with Crippen molar-refractivity contribution in [2.75, 3.05) is 26.2 Å². The Balaban J connectivity index is 1.59. The molecule has 1 aliphatic rings. The number of aromatic nitrogens is 3. The van der Waals surface area contributed by atoms with E-state index in [2.05, 4.69) is 34.2 Å². The van der Waals surface area contributed by atoms with Crippen LogP contribution in [0.2, 0.25) is 0 Å². The summed E-state index contributed by atoms with van der Waals surface area (Å²) in [4.78, 5) is 21.3. The van der Waals surface area contributed by atoms with Gasteiger partial charge in [0.1, 0.15) is 5.69 Å². The normalized spacial score (nSPS) is 16.7. The van der Waals surface area contributed by atoms with E-state index in [0.717, 1.165) is 44.8 Å². The molecule has 0 radical (unpaired) electrons. The molecule has 1 aliphatic heterocycles. The third-order valence-corrected chi connectivity index (χ3v) is 4.74. The van der Waals surface area contributed by atoms with Crippen LogP contribution in [-0.2, 0) is 6.54 Å². The van der Waals surface area contributed by atoms with Crippen molar-refractivity contribution in [1.82, 2.24) is 24.6 Å². The van der Waals surface area contributed by atoms with Gasteiger partial charge in [0.15, 0.2) is 0 Å². The predicted octanol–water partition coefficient (Wildman–Crippen LogP) is 2.27. The van der Waals surface area contributed by atoms with Crippen molar-refractivity contribution < 1.29 is 4.79 Å². The van der Waals surface area contributed by atoms with Crippen molar-refractivity contribution in [3.05, 3.63) is 34.5 Å². The molecule has 2 aromatic rings. The summed E-state index contributed by atoms with van der Waals surface area (Å²) < 4.78 is 1.83. The van der Waals surface area contributed by atoms with Crippen LogP contribution in [0.3, 0.4) is 0 Å². The van der Waals surface area contributed by atoms with E-state index in [9.17, 15) is 4.79 Å². The molecule has 2 aromatic heterocycles. The zero-order chi connectivity index (χ0) is 16.2. The quantitative estimate of drug-likeness (QED) is 0.861. The zero-order valence-electron chi connectivity index (χ0n) is 13.7. The number of thiazole rings is 1.